The second-order valence-electron chi connectivity index (χ2n) is 4.77. The number of aliphatic carboxylic acids is 1. The molecule has 0 saturated carbocycles. The fourth-order valence-electron chi connectivity index (χ4n) is 2.40. The van der Waals surface area contributed by atoms with E-state index in [9.17, 15) is 13.2 Å². The van der Waals surface area contributed by atoms with E-state index in [4.69, 9.17) is 9.63 Å². The summed E-state index contributed by atoms with van der Waals surface area (Å²) in [4.78, 5) is 10.8. The topological polar surface area (TPSA) is 101 Å². The van der Waals surface area contributed by atoms with Gasteiger partial charge in [-0.05, 0) is 26.2 Å². The van der Waals surface area contributed by atoms with Gasteiger partial charge < -0.3 is 9.63 Å². The van der Waals surface area contributed by atoms with Crippen LogP contribution in [0.25, 0.3) is 0 Å². The van der Waals surface area contributed by atoms with Gasteiger partial charge in [0.2, 0.25) is 10.0 Å². The van der Waals surface area contributed by atoms with Crippen molar-refractivity contribution in [3.63, 3.8) is 0 Å². The molecule has 1 N–H and O–H groups in total. The van der Waals surface area contributed by atoms with Gasteiger partial charge in [0.15, 0.2) is 5.76 Å². The summed E-state index contributed by atoms with van der Waals surface area (Å²) in [5.41, 5.74) is 0.333. The van der Waals surface area contributed by atoms with Crippen molar-refractivity contribution in [3.05, 3.63) is 11.5 Å². The van der Waals surface area contributed by atoms with Crippen LogP contribution in [0.5, 0.6) is 0 Å². The molecule has 0 aliphatic carbocycles. The summed E-state index contributed by atoms with van der Waals surface area (Å²) in [5.74, 6) is -0.770. The third-order valence-corrected chi connectivity index (χ3v) is 5.39. The molecular formula is C11H16N2O5S. The lowest BCUT2D eigenvalue weighted by Gasteiger charge is -2.15. The molecule has 0 radical (unpaired) electrons. The molecule has 2 heterocycles. The van der Waals surface area contributed by atoms with E-state index in [2.05, 4.69) is 5.16 Å². The van der Waals surface area contributed by atoms with Crippen molar-refractivity contribution in [1.29, 1.82) is 0 Å². The van der Waals surface area contributed by atoms with Crippen LogP contribution in [-0.4, -0.2) is 42.0 Å². The first kappa shape index (κ1) is 14.0. The molecule has 0 spiro atoms. The summed E-state index contributed by atoms with van der Waals surface area (Å²) < 4.78 is 31.1. The van der Waals surface area contributed by atoms with Gasteiger partial charge in [-0.1, -0.05) is 5.16 Å². The summed E-state index contributed by atoms with van der Waals surface area (Å²) >= 11 is 0. The summed E-state index contributed by atoms with van der Waals surface area (Å²) in [6.07, 6.45) is 0.558. The molecule has 1 atom stereocenters. The molecule has 8 heteroatoms. The highest BCUT2D eigenvalue weighted by Crippen LogP contribution is 2.29. The normalized spacial score (nSPS) is 20.8. The third-order valence-electron chi connectivity index (χ3n) is 3.28. The standard InChI is InChI=1S/C11H16N2O5S/c1-7-11(8(2)18-12-7)19(16,17)13-4-3-9(6-13)5-10(14)15/h9H,3-6H2,1-2H3,(H,14,15). The molecule has 0 aromatic carbocycles. The second-order valence-corrected chi connectivity index (χ2v) is 6.64. The molecule has 2 rings (SSSR count). The molecule has 19 heavy (non-hydrogen) atoms. The van der Waals surface area contributed by atoms with Crippen LogP contribution >= 0.6 is 0 Å². The van der Waals surface area contributed by atoms with Crippen LogP contribution in [0.3, 0.4) is 0 Å². The van der Waals surface area contributed by atoms with Crippen molar-refractivity contribution in [1.82, 2.24) is 9.46 Å². The molecule has 0 bridgehead atoms. The number of nitrogens with zero attached hydrogens (tertiary/aromatic N) is 2. The van der Waals surface area contributed by atoms with E-state index in [1.807, 2.05) is 0 Å². The van der Waals surface area contributed by atoms with Gasteiger partial charge in [-0.2, -0.15) is 4.31 Å². The first-order valence-corrected chi connectivity index (χ1v) is 7.41. The Balaban J connectivity index is 2.21. The maximum atomic E-state index is 12.4. The van der Waals surface area contributed by atoms with Gasteiger partial charge in [0.05, 0.1) is 0 Å². The van der Waals surface area contributed by atoms with E-state index in [0.717, 1.165) is 0 Å². The molecule has 1 fully saturated rings. The fourth-order valence-corrected chi connectivity index (χ4v) is 4.22. The van der Waals surface area contributed by atoms with E-state index in [1.165, 1.54) is 4.31 Å². The SMILES string of the molecule is Cc1noc(C)c1S(=O)(=O)N1CCC(CC(=O)O)C1. The van der Waals surface area contributed by atoms with Gasteiger partial charge in [-0.15, -0.1) is 0 Å². The number of aromatic nitrogens is 1. The number of sulfonamides is 1. The fraction of sp³-hybridized carbons (Fsp3) is 0.636. The number of aryl methyl sites for hydroxylation is 2. The van der Waals surface area contributed by atoms with Crippen molar-refractivity contribution in [2.75, 3.05) is 13.1 Å². The predicted octanol–water partition coefficient (Wildman–Crippen LogP) is 0.777. The van der Waals surface area contributed by atoms with Gasteiger partial charge in [0.1, 0.15) is 10.6 Å². The minimum atomic E-state index is -3.64. The Kier molecular flexibility index (Phi) is 3.64. The van der Waals surface area contributed by atoms with E-state index in [1.54, 1.807) is 13.8 Å². The number of hydrogen-bond donors (Lipinski definition) is 1. The molecule has 1 aliphatic heterocycles. The van der Waals surface area contributed by atoms with Crippen LogP contribution in [0.1, 0.15) is 24.3 Å². The van der Waals surface area contributed by atoms with E-state index >= 15 is 0 Å². The molecule has 0 amide bonds. The van der Waals surface area contributed by atoms with Crippen molar-refractivity contribution in [2.24, 2.45) is 5.92 Å². The monoisotopic (exact) mass is 288 g/mol. The molecular weight excluding hydrogens is 272 g/mol. The largest absolute Gasteiger partial charge is 0.481 e. The number of rotatable bonds is 4. The maximum Gasteiger partial charge on any atom is 0.303 e. The summed E-state index contributed by atoms with van der Waals surface area (Å²) in [5, 5.41) is 12.4. The smallest absolute Gasteiger partial charge is 0.303 e. The zero-order chi connectivity index (χ0) is 14.2. The van der Waals surface area contributed by atoms with Gasteiger partial charge in [-0.3, -0.25) is 4.79 Å². The van der Waals surface area contributed by atoms with Crippen LogP contribution in [0.4, 0.5) is 0 Å². The van der Waals surface area contributed by atoms with E-state index in [0.29, 0.717) is 18.7 Å². The van der Waals surface area contributed by atoms with Crippen LogP contribution in [0, 0.1) is 19.8 Å². The van der Waals surface area contributed by atoms with Crippen molar-refractivity contribution < 1.29 is 22.8 Å². The Morgan fingerprint density at radius 1 is 1.53 bits per heavy atom. The highest BCUT2D eigenvalue weighted by molar-refractivity contribution is 7.89. The Morgan fingerprint density at radius 2 is 2.21 bits per heavy atom. The van der Waals surface area contributed by atoms with E-state index in [-0.39, 0.29) is 29.5 Å². The minimum absolute atomic E-state index is 0.00633. The van der Waals surface area contributed by atoms with Crippen LogP contribution in [-0.2, 0) is 14.8 Å². The van der Waals surface area contributed by atoms with Crippen molar-refractivity contribution in [3.8, 4) is 0 Å². The third kappa shape index (κ3) is 2.64. The Morgan fingerprint density at radius 3 is 2.74 bits per heavy atom. The molecule has 7 nitrogen and oxygen atoms in total. The average Bonchev–Trinajstić information content (AvgIpc) is 2.86. The number of carbonyl (C=O) groups is 1. The lowest BCUT2D eigenvalue weighted by atomic mass is 10.1. The van der Waals surface area contributed by atoms with Crippen LogP contribution in [0.15, 0.2) is 9.42 Å². The van der Waals surface area contributed by atoms with Crippen LogP contribution < -0.4 is 0 Å². The maximum absolute atomic E-state index is 12.4. The average molecular weight is 288 g/mol. The first-order valence-electron chi connectivity index (χ1n) is 5.97. The molecule has 1 aromatic rings. The highest BCUT2D eigenvalue weighted by atomic mass is 32.2. The zero-order valence-corrected chi connectivity index (χ0v) is 11.6. The predicted molar refractivity (Wildman–Crippen MR) is 65.1 cm³/mol. The van der Waals surface area contributed by atoms with Crippen molar-refractivity contribution >= 4 is 16.0 Å². The Hall–Kier alpha value is -1.41. The van der Waals surface area contributed by atoms with E-state index < -0.39 is 16.0 Å². The van der Waals surface area contributed by atoms with Crippen molar-refractivity contribution in [2.45, 2.75) is 31.6 Å². The molecule has 106 valence electrons. The van der Waals surface area contributed by atoms with Gasteiger partial charge in [0.25, 0.3) is 0 Å². The molecule has 1 unspecified atom stereocenters. The minimum Gasteiger partial charge on any atom is -0.481 e. The number of carboxylic acid groups (broad SMARTS) is 1. The quantitative estimate of drug-likeness (QED) is 0.878. The van der Waals surface area contributed by atoms with Gasteiger partial charge in [-0.25, -0.2) is 8.42 Å². The Labute approximate surface area is 111 Å². The second kappa shape index (κ2) is 4.93. The summed E-state index contributed by atoms with van der Waals surface area (Å²) in [6.45, 7) is 3.70. The first-order chi connectivity index (χ1) is 8.82. The summed E-state index contributed by atoms with van der Waals surface area (Å²) in [6, 6.07) is 0. The van der Waals surface area contributed by atoms with Gasteiger partial charge in [0, 0.05) is 19.5 Å². The number of hydrogen-bond acceptors (Lipinski definition) is 5. The molecule has 1 aromatic heterocycles. The van der Waals surface area contributed by atoms with Gasteiger partial charge >= 0.3 is 5.97 Å². The molecule has 1 aliphatic rings. The van der Waals surface area contributed by atoms with Crippen LogP contribution in [0.2, 0.25) is 0 Å². The lowest BCUT2D eigenvalue weighted by Crippen LogP contribution is -2.29. The summed E-state index contributed by atoms with van der Waals surface area (Å²) in [7, 11) is -3.64. The highest BCUT2D eigenvalue weighted by Gasteiger charge is 2.36. The Bertz CT molecular complexity index is 573. The number of carboxylic acids is 1. The zero-order valence-electron chi connectivity index (χ0n) is 10.8. The lowest BCUT2D eigenvalue weighted by molar-refractivity contribution is -0.137. The molecule has 1 saturated heterocycles.